The molecule has 0 saturated carbocycles. The summed E-state index contributed by atoms with van der Waals surface area (Å²) in [5.41, 5.74) is 0.805. The number of piperidine rings is 1. The van der Waals surface area contributed by atoms with Gasteiger partial charge in [-0.1, -0.05) is 26.0 Å². The molecule has 0 bridgehead atoms. The van der Waals surface area contributed by atoms with Crippen molar-refractivity contribution in [2.45, 2.75) is 32.7 Å². The van der Waals surface area contributed by atoms with Gasteiger partial charge in [-0.2, -0.15) is 11.8 Å². The fraction of sp³-hybridized carbons (Fsp3) is 0.550. The minimum atomic E-state index is -0.715. The summed E-state index contributed by atoms with van der Waals surface area (Å²) in [4.78, 5) is 42.1. The second-order valence-corrected chi connectivity index (χ2v) is 8.50. The second kappa shape index (κ2) is 7.82. The third-order valence-electron chi connectivity index (χ3n) is 5.20. The van der Waals surface area contributed by atoms with Crippen LogP contribution in [0.25, 0.3) is 0 Å². The highest BCUT2D eigenvalue weighted by molar-refractivity contribution is 7.98. The number of nitrogens with zero attached hydrogens (tertiary/aromatic N) is 2. The lowest BCUT2D eigenvalue weighted by Crippen LogP contribution is -2.54. The van der Waals surface area contributed by atoms with Crippen LogP contribution in [0.2, 0.25) is 0 Å². The highest BCUT2D eigenvalue weighted by Crippen LogP contribution is 2.29. The summed E-state index contributed by atoms with van der Waals surface area (Å²) in [5, 5.41) is 0. The SMILES string of the molecule is CSCCC(C(=O)N1CC(C)CC(C)C1)N1C(=O)c2ccccc2C1=O. The molecule has 3 rings (SSSR count). The van der Waals surface area contributed by atoms with Gasteiger partial charge in [-0.15, -0.1) is 0 Å². The van der Waals surface area contributed by atoms with Crippen LogP contribution in [-0.2, 0) is 4.79 Å². The third kappa shape index (κ3) is 3.52. The van der Waals surface area contributed by atoms with E-state index in [0.29, 0.717) is 42.5 Å². The highest BCUT2D eigenvalue weighted by atomic mass is 32.2. The van der Waals surface area contributed by atoms with Gasteiger partial charge in [-0.05, 0) is 48.8 Å². The molecule has 140 valence electrons. The molecule has 0 aromatic heterocycles. The van der Waals surface area contributed by atoms with Crippen molar-refractivity contribution < 1.29 is 14.4 Å². The highest BCUT2D eigenvalue weighted by Gasteiger charge is 2.44. The molecule has 6 heteroatoms. The molecule has 2 aliphatic heterocycles. The average molecular weight is 375 g/mol. The predicted octanol–water partition coefficient (Wildman–Crippen LogP) is 2.91. The first-order chi connectivity index (χ1) is 12.4. The van der Waals surface area contributed by atoms with Crippen LogP contribution >= 0.6 is 11.8 Å². The number of carbonyl (C=O) groups is 3. The van der Waals surface area contributed by atoms with Crippen LogP contribution in [0.15, 0.2) is 24.3 Å². The van der Waals surface area contributed by atoms with Crippen molar-refractivity contribution in [3.63, 3.8) is 0 Å². The van der Waals surface area contributed by atoms with Gasteiger partial charge in [0.15, 0.2) is 0 Å². The van der Waals surface area contributed by atoms with Gasteiger partial charge in [0.1, 0.15) is 6.04 Å². The Hall–Kier alpha value is -1.82. The van der Waals surface area contributed by atoms with E-state index in [1.165, 1.54) is 4.90 Å². The first-order valence-electron chi connectivity index (χ1n) is 9.18. The number of carbonyl (C=O) groups excluding carboxylic acids is 3. The topological polar surface area (TPSA) is 57.7 Å². The monoisotopic (exact) mass is 374 g/mol. The lowest BCUT2D eigenvalue weighted by Gasteiger charge is -2.38. The number of fused-ring (bicyclic) bond motifs is 1. The van der Waals surface area contributed by atoms with Crippen LogP contribution < -0.4 is 0 Å². The van der Waals surface area contributed by atoms with Crippen LogP contribution in [-0.4, -0.2) is 58.7 Å². The van der Waals surface area contributed by atoms with Gasteiger partial charge in [0.05, 0.1) is 11.1 Å². The minimum Gasteiger partial charge on any atom is -0.340 e. The number of thioether (sulfide) groups is 1. The molecule has 1 aromatic carbocycles. The Morgan fingerprint density at radius 3 is 2.15 bits per heavy atom. The average Bonchev–Trinajstić information content (AvgIpc) is 2.86. The molecule has 1 saturated heterocycles. The molecular formula is C20H26N2O3S. The largest absolute Gasteiger partial charge is 0.340 e. The van der Waals surface area contributed by atoms with Gasteiger partial charge < -0.3 is 4.90 Å². The van der Waals surface area contributed by atoms with E-state index in [2.05, 4.69) is 13.8 Å². The molecule has 0 aliphatic carbocycles. The normalized spacial score (nSPS) is 24.0. The summed E-state index contributed by atoms with van der Waals surface area (Å²) < 4.78 is 0. The first kappa shape index (κ1) is 19.0. The Balaban J connectivity index is 1.88. The molecule has 2 heterocycles. The summed E-state index contributed by atoms with van der Waals surface area (Å²) in [7, 11) is 0. The summed E-state index contributed by atoms with van der Waals surface area (Å²) in [6.45, 7) is 5.69. The lowest BCUT2D eigenvalue weighted by molar-refractivity contribution is -0.138. The van der Waals surface area contributed by atoms with Crippen LogP contribution in [0.3, 0.4) is 0 Å². The maximum absolute atomic E-state index is 13.3. The Bertz CT molecular complexity index is 676. The molecule has 0 N–H and O–H groups in total. The molecule has 2 aliphatic rings. The molecule has 1 fully saturated rings. The van der Waals surface area contributed by atoms with E-state index in [1.807, 2.05) is 11.2 Å². The number of amides is 3. The first-order valence-corrected chi connectivity index (χ1v) is 10.6. The Labute approximate surface area is 159 Å². The van der Waals surface area contributed by atoms with Crippen LogP contribution in [0.5, 0.6) is 0 Å². The van der Waals surface area contributed by atoms with Crippen molar-refractivity contribution in [3.05, 3.63) is 35.4 Å². The minimum absolute atomic E-state index is 0.0908. The van der Waals surface area contributed by atoms with Crippen molar-refractivity contribution in [2.75, 3.05) is 25.1 Å². The standard InChI is InChI=1S/C20H26N2O3S/c1-13-10-14(2)12-21(11-13)20(25)17(8-9-26-3)22-18(23)15-6-4-5-7-16(15)19(22)24/h4-7,13-14,17H,8-12H2,1-3H3. The zero-order chi connectivity index (χ0) is 18.8. The van der Waals surface area contributed by atoms with Gasteiger partial charge in [-0.3, -0.25) is 19.3 Å². The third-order valence-corrected chi connectivity index (χ3v) is 5.84. The van der Waals surface area contributed by atoms with Crippen LogP contribution in [0.4, 0.5) is 0 Å². The lowest BCUT2D eigenvalue weighted by atomic mass is 9.91. The van der Waals surface area contributed by atoms with E-state index in [4.69, 9.17) is 0 Å². The van der Waals surface area contributed by atoms with Crippen LogP contribution in [0.1, 0.15) is 47.4 Å². The van der Waals surface area contributed by atoms with Gasteiger partial charge in [0.2, 0.25) is 5.91 Å². The molecule has 5 nitrogen and oxygen atoms in total. The Kier molecular flexibility index (Phi) is 5.70. The van der Waals surface area contributed by atoms with Crippen molar-refractivity contribution >= 4 is 29.5 Å². The fourth-order valence-corrected chi connectivity index (χ4v) is 4.60. The zero-order valence-corrected chi connectivity index (χ0v) is 16.4. The van der Waals surface area contributed by atoms with E-state index >= 15 is 0 Å². The Morgan fingerprint density at radius 2 is 1.65 bits per heavy atom. The maximum Gasteiger partial charge on any atom is 0.262 e. The summed E-state index contributed by atoms with van der Waals surface area (Å²) in [6.07, 6.45) is 3.56. The number of rotatable bonds is 5. The Morgan fingerprint density at radius 1 is 1.12 bits per heavy atom. The fourth-order valence-electron chi connectivity index (χ4n) is 4.14. The second-order valence-electron chi connectivity index (χ2n) is 7.51. The van der Waals surface area contributed by atoms with Crippen LogP contribution in [0, 0.1) is 11.8 Å². The van der Waals surface area contributed by atoms with Crippen molar-refractivity contribution in [3.8, 4) is 0 Å². The number of benzene rings is 1. The molecule has 26 heavy (non-hydrogen) atoms. The molecule has 3 atom stereocenters. The molecule has 3 unspecified atom stereocenters. The quantitative estimate of drug-likeness (QED) is 0.744. The smallest absolute Gasteiger partial charge is 0.262 e. The number of likely N-dealkylation sites (tertiary alicyclic amines) is 1. The number of hydrogen-bond acceptors (Lipinski definition) is 4. The van der Waals surface area contributed by atoms with Gasteiger partial charge in [0, 0.05) is 13.1 Å². The number of hydrogen-bond donors (Lipinski definition) is 0. The molecule has 1 aromatic rings. The predicted molar refractivity (Wildman–Crippen MR) is 103 cm³/mol. The molecule has 0 spiro atoms. The van der Waals surface area contributed by atoms with E-state index in [1.54, 1.807) is 36.0 Å². The van der Waals surface area contributed by atoms with E-state index in [9.17, 15) is 14.4 Å². The maximum atomic E-state index is 13.3. The van der Waals surface area contributed by atoms with Gasteiger partial charge >= 0.3 is 0 Å². The molecular weight excluding hydrogens is 348 g/mol. The molecule has 0 radical (unpaired) electrons. The van der Waals surface area contributed by atoms with Gasteiger partial charge in [0.25, 0.3) is 11.8 Å². The summed E-state index contributed by atoms with van der Waals surface area (Å²) in [5.74, 6) is 0.818. The van der Waals surface area contributed by atoms with E-state index in [-0.39, 0.29) is 17.7 Å². The van der Waals surface area contributed by atoms with E-state index < -0.39 is 6.04 Å². The van der Waals surface area contributed by atoms with Crippen molar-refractivity contribution in [2.24, 2.45) is 11.8 Å². The van der Waals surface area contributed by atoms with Crippen molar-refractivity contribution in [1.29, 1.82) is 0 Å². The number of imide groups is 1. The van der Waals surface area contributed by atoms with Crippen molar-refractivity contribution in [1.82, 2.24) is 9.80 Å². The zero-order valence-electron chi connectivity index (χ0n) is 15.6. The summed E-state index contributed by atoms with van der Waals surface area (Å²) in [6, 6.07) is 6.11. The van der Waals surface area contributed by atoms with Gasteiger partial charge in [-0.25, -0.2) is 0 Å². The van der Waals surface area contributed by atoms with E-state index in [0.717, 1.165) is 12.2 Å². The summed E-state index contributed by atoms with van der Waals surface area (Å²) >= 11 is 1.62. The molecule has 3 amide bonds.